The Bertz CT molecular complexity index is 754. The molecule has 23 heavy (non-hydrogen) atoms. The van der Waals surface area contributed by atoms with Gasteiger partial charge in [0.05, 0.1) is 28.1 Å². The topological polar surface area (TPSA) is 38.0 Å². The van der Waals surface area contributed by atoms with Crippen LogP contribution in [0.4, 0.5) is 17.6 Å². The van der Waals surface area contributed by atoms with Crippen LogP contribution >= 0.6 is 0 Å². The minimum absolute atomic E-state index is 0.116. The van der Waals surface area contributed by atoms with Crippen molar-refractivity contribution in [2.75, 3.05) is 0 Å². The molecule has 1 aromatic carbocycles. The van der Waals surface area contributed by atoms with Gasteiger partial charge in [-0.15, -0.1) is 5.10 Å². The third-order valence-corrected chi connectivity index (χ3v) is 4.45. The van der Waals surface area contributed by atoms with Crippen molar-refractivity contribution >= 4 is 10.9 Å². The lowest BCUT2D eigenvalue weighted by molar-refractivity contribution is -0.136. The van der Waals surface area contributed by atoms with Gasteiger partial charge in [-0.3, -0.25) is 4.68 Å². The number of benzene rings is 1. The van der Waals surface area contributed by atoms with Crippen molar-refractivity contribution in [3.8, 4) is 0 Å². The second-order valence-electron chi connectivity index (χ2n) is 6.91. The molecule has 0 saturated heterocycles. The molecule has 7 heteroatoms. The largest absolute Gasteiger partial charge is 0.418 e. The van der Waals surface area contributed by atoms with Crippen LogP contribution in [0, 0.1) is 5.95 Å². The number of nitrogens with zero attached hydrogens (tertiary/aromatic N) is 2. The number of hydrogen-bond donors (Lipinski definition) is 1. The summed E-state index contributed by atoms with van der Waals surface area (Å²) in [5.41, 5.74) is -1.62. The molecule has 3 nitrogen and oxygen atoms in total. The van der Waals surface area contributed by atoms with Crippen molar-refractivity contribution in [2.24, 2.45) is 0 Å². The fraction of sp³-hybridized carbons (Fsp3) is 0.562. The maximum absolute atomic E-state index is 14.2. The Balaban J connectivity index is 2.24. The van der Waals surface area contributed by atoms with Crippen LogP contribution in [0.15, 0.2) is 12.1 Å². The van der Waals surface area contributed by atoms with Gasteiger partial charge in [-0.25, -0.2) is 0 Å². The Morgan fingerprint density at radius 1 is 1.30 bits per heavy atom. The van der Waals surface area contributed by atoms with E-state index in [1.54, 1.807) is 20.8 Å². The van der Waals surface area contributed by atoms with Crippen LogP contribution in [0.25, 0.3) is 10.9 Å². The van der Waals surface area contributed by atoms with Gasteiger partial charge in [0.1, 0.15) is 0 Å². The van der Waals surface area contributed by atoms with Crippen LogP contribution in [-0.4, -0.2) is 20.5 Å². The van der Waals surface area contributed by atoms with E-state index in [1.165, 1.54) is 6.07 Å². The Morgan fingerprint density at radius 2 is 1.91 bits per heavy atom. The monoisotopic (exact) mass is 330 g/mol. The summed E-state index contributed by atoms with van der Waals surface area (Å²) in [5.74, 6) is -1.06. The molecule has 1 aliphatic rings. The van der Waals surface area contributed by atoms with Crippen LogP contribution in [0.1, 0.15) is 56.7 Å². The van der Waals surface area contributed by atoms with E-state index in [-0.39, 0.29) is 29.7 Å². The zero-order valence-electron chi connectivity index (χ0n) is 13.1. The second kappa shape index (κ2) is 4.93. The molecular weight excluding hydrogens is 312 g/mol. The third kappa shape index (κ3) is 2.71. The first-order valence-electron chi connectivity index (χ1n) is 7.51. The summed E-state index contributed by atoms with van der Waals surface area (Å²) in [6, 6.07) is 2.08. The highest BCUT2D eigenvalue weighted by Gasteiger charge is 2.43. The Morgan fingerprint density at radius 3 is 2.39 bits per heavy atom. The van der Waals surface area contributed by atoms with Crippen molar-refractivity contribution in [1.82, 2.24) is 9.78 Å². The first-order chi connectivity index (χ1) is 10.5. The van der Waals surface area contributed by atoms with Crippen molar-refractivity contribution in [1.29, 1.82) is 0 Å². The SMILES string of the molecule is CC(C)c1cc(C(F)(F)F)c2c(c1)c(F)nn2C1CC(C)(O)C1. The first-order valence-corrected chi connectivity index (χ1v) is 7.51. The molecule has 0 amide bonds. The van der Waals surface area contributed by atoms with Crippen LogP contribution in [0.5, 0.6) is 0 Å². The summed E-state index contributed by atoms with van der Waals surface area (Å²) in [5, 5.41) is 13.4. The summed E-state index contributed by atoms with van der Waals surface area (Å²) >= 11 is 0. The van der Waals surface area contributed by atoms with Crippen molar-refractivity contribution in [3.63, 3.8) is 0 Å². The third-order valence-electron chi connectivity index (χ3n) is 4.45. The summed E-state index contributed by atoms with van der Waals surface area (Å²) in [6.45, 7) is 5.12. The maximum atomic E-state index is 14.2. The number of fused-ring (bicyclic) bond motifs is 1. The number of aromatic nitrogens is 2. The lowest BCUT2D eigenvalue weighted by Gasteiger charge is -2.41. The Hall–Kier alpha value is -1.63. The van der Waals surface area contributed by atoms with Gasteiger partial charge >= 0.3 is 6.18 Å². The van der Waals surface area contributed by atoms with E-state index in [2.05, 4.69) is 5.10 Å². The van der Waals surface area contributed by atoms with Crippen LogP contribution in [0.2, 0.25) is 0 Å². The van der Waals surface area contributed by atoms with Gasteiger partial charge < -0.3 is 5.11 Å². The molecule has 0 aliphatic heterocycles. The van der Waals surface area contributed by atoms with Crippen LogP contribution < -0.4 is 0 Å². The first kappa shape index (κ1) is 16.2. The van der Waals surface area contributed by atoms with Gasteiger partial charge in [-0.1, -0.05) is 13.8 Å². The Kier molecular flexibility index (Phi) is 3.48. The fourth-order valence-electron chi connectivity index (χ4n) is 3.20. The quantitative estimate of drug-likeness (QED) is 0.829. The zero-order valence-corrected chi connectivity index (χ0v) is 13.1. The standard InChI is InChI=1S/C16H18F4N2O/c1-8(2)9-4-11-13(12(5-9)16(18,19)20)22(21-14(11)17)10-6-15(3,23)7-10/h4-5,8,10,23H,6-7H2,1-3H3. The van der Waals surface area contributed by atoms with Gasteiger partial charge in [-0.2, -0.15) is 17.6 Å². The summed E-state index contributed by atoms with van der Waals surface area (Å²) in [6.07, 6.45) is -4.08. The predicted molar refractivity (Wildman–Crippen MR) is 77.7 cm³/mol. The van der Waals surface area contributed by atoms with Gasteiger partial charge in [-0.05, 0) is 43.4 Å². The summed E-state index contributed by atoms with van der Waals surface area (Å²) in [4.78, 5) is 0. The lowest BCUT2D eigenvalue weighted by Crippen LogP contribution is -2.42. The molecule has 0 radical (unpaired) electrons. The Labute approximate surface area is 130 Å². The highest BCUT2D eigenvalue weighted by atomic mass is 19.4. The number of rotatable bonds is 2. The van der Waals surface area contributed by atoms with Crippen LogP contribution in [0.3, 0.4) is 0 Å². The molecule has 3 rings (SSSR count). The smallest absolute Gasteiger partial charge is 0.390 e. The molecule has 1 N–H and O–H groups in total. The molecule has 2 aromatic rings. The molecule has 1 heterocycles. The second-order valence-corrected chi connectivity index (χ2v) is 6.91. The van der Waals surface area contributed by atoms with E-state index in [1.807, 2.05) is 0 Å². The average Bonchev–Trinajstić information content (AvgIpc) is 2.71. The van der Waals surface area contributed by atoms with Gasteiger partial charge in [0, 0.05) is 0 Å². The molecule has 1 aliphatic carbocycles. The molecule has 1 saturated carbocycles. The summed E-state index contributed by atoms with van der Waals surface area (Å²) < 4.78 is 55.7. The fourth-order valence-corrected chi connectivity index (χ4v) is 3.20. The maximum Gasteiger partial charge on any atom is 0.418 e. The van der Waals surface area contributed by atoms with Crippen LogP contribution in [-0.2, 0) is 6.18 Å². The van der Waals surface area contributed by atoms with E-state index in [4.69, 9.17) is 0 Å². The highest BCUT2D eigenvalue weighted by molar-refractivity contribution is 5.84. The van der Waals surface area contributed by atoms with Gasteiger partial charge in [0.15, 0.2) is 0 Å². The number of alkyl halides is 3. The highest BCUT2D eigenvalue weighted by Crippen LogP contribution is 2.45. The minimum Gasteiger partial charge on any atom is -0.390 e. The van der Waals surface area contributed by atoms with Crippen molar-refractivity contribution in [3.05, 3.63) is 29.2 Å². The molecule has 0 spiro atoms. The van der Waals surface area contributed by atoms with E-state index < -0.39 is 29.3 Å². The molecule has 0 bridgehead atoms. The number of halogens is 4. The molecule has 0 unspecified atom stereocenters. The molecule has 126 valence electrons. The average molecular weight is 330 g/mol. The van der Waals surface area contributed by atoms with Crippen molar-refractivity contribution in [2.45, 2.75) is 57.3 Å². The normalized spacial score (nSPS) is 25.2. The number of aliphatic hydroxyl groups is 1. The van der Waals surface area contributed by atoms with E-state index >= 15 is 0 Å². The van der Waals surface area contributed by atoms with Gasteiger partial charge in [0.2, 0.25) is 5.95 Å². The predicted octanol–water partition coefficient (Wildman–Crippen LogP) is 4.40. The van der Waals surface area contributed by atoms with E-state index in [9.17, 15) is 22.7 Å². The molecule has 1 fully saturated rings. The zero-order chi connectivity index (χ0) is 17.2. The van der Waals surface area contributed by atoms with E-state index in [0.29, 0.717) is 5.56 Å². The summed E-state index contributed by atoms with van der Waals surface area (Å²) in [7, 11) is 0. The minimum atomic E-state index is -4.60. The van der Waals surface area contributed by atoms with Crippen molar-refractivity contribution < 1.29 is 22.7 Å². The molecular formula is C16H18F4N2O. The molecule has 1 aromatic heterocycles. The van der Waals surface area contributed by atoms with Gasteiger partial charge in [0.25, 0.3) is 0 Å². The lowest BCUT2D eigenvalue weighted by atomic mass is 9.77. The number of hydrogen-bond acceptors (Lipinski definition) is 2. The van der Waals surface area contributed by atoms with E-state index in [0.717, 1.165) is 10.7 Å². The molecule has 0 atom stereocenters.